The first kappa shape index (κ1) is 26.8. The van der Waals surface area contributed by atoms with E-state index in [0.717, 1.165) is 5.56 Å². The Morgan fingerprint density at radius 1 is 0.837 bits per heavy atom. The van der Waals surface area contributed by atoms with Crippen LogP contribution in [0.25, 0.3) is 6.08 Å². The highest BCUT2D eigenvalue weighted by Crippen LogP contribution is 2.61. The van der Waals surface area contributed by atoms with Gasteiger partial charge in [0.1, 0.15) is 17.3 Å². The van der Waals surface area contributed by atoms with Gasteiger partial charge in [-0.05, 0) is 42.8 Å². The largest absolute Gasteiger partial charge is 0.493 e. The predicted molar refractivity (Wildman–Crippen MR) is 161 cm³/mol. The average molecular weight is 574 g/mol. The maximum absolute atomic E-state index is 14.8. The van der Waals surface area contributed by atoms with E-state index in [-0.39, 0.29) is 17.3 Å². The Morgan fingerprint density at radius 3 is 2.16 bits per heavy atom. The van der Waals surface area contributed by atoms with E-state index < -0.39 is 29.2 Å². The Bertz CT molecular complexity index is 1830. The molecule has 3 aliphatic rings. The summed E-state index contributed by atoms with van der Waals surface area (Å²) in [4.78, 5) is 46.1. The summed E-state index contributed by atoms with van der Waals surface area (Å²) in [7, 11) is 3.04. The molecule has 1 aliphatic carbocycles. The van der Waals surface area contributed by atoms with Gasteiger partial charge in [0.05, 0.1) is 20.3 Å². The number of fused-ring (bicyclic) bond motifs is 5. The van der Waals surface area contributed by atoms with Crippen LogP contribution in [-0.4, -0.2) is 43.7 Å². The van der Waals surface area contributed by atoms with E-state index in [9.17, 15) is 18.8 Å². The van der Waals surface area contributed by atoms with Gasteiger partial charge in [-0.1, -0.05) is 72.3 Å². The summed E-state index contributed by atoms with van der Waals surface area (Å²) in [5, 5.41) is 0. The van der Waals surface area contributed by atoms with Crippen molar-refractivity contribution < 1.29 is 28.2 Å². The van der Waals surface area contributed by atoms with Crippen LogP contribution in [0.2, 0.25) is 0 Å². The zero-order chi connectivity index (χ0) is 30.0. The Balaban J connectivity index is 1.55. The number of benzene rings is 4. The number of nitrogens with zero attached hydrogens (tertiary/aromatic N) is 1. The van der Waals surface area contributed by atoms with Crippen LogP contribution in [0.1, 0.15) is 53.7 Å². The molecule has 0 N–H and O–H groups in total. The van der Waals surface area contributed by atoms with Crippen LogP contribution in [0.5, 0.6) is 11.5 Å². The van der Waals surface area contributed by atoms with Crippen LogP contribution < -0.4 is 14.4 Å². The van der Waals surface area contributed by atoms with Crippen LogP contribution in [0, 0.1) is 18.2 Å². The Kier molecular flexibility index (Phi) is 6.09. The average Bonchev–Trinajstić information content (AvgIpc) is 3.46. The zero-order valence-corrected chi connectivity index (χ0v) is 23.8. The number of anilines is 1. The molecule has 1 saturated heterocycles. The third kappa shape index (κ3) is 3.67. The van der Waals surface area contributed by atoms with Gasteiger partial charge in [-0.3, -0.25) is 14.4 Å². The lowest BCUT2D eigenvalue weighted by molar-refractivity contribution is 0.0665. The van der Waals surface area contributed by atoms with Crippen molar-refractivity contribution in [3.05, 3.63) is 130 Å². The molecule has 4 aromatic rings. The number of hydrogen-bond acceptors (Lipinski definition) is 6. The Morgan fingerprint density at radius 2 is 1.51 bits per heavy atom. The van der Waals surface area contributed by atoms with Gasteiger partial charge in [0.2, 0.25) is 0 Å². The van der Waals surface area contributed by atoms with Crippen molar-refractivity contribution in [2.75, 3.05) is 19.1 Å². The number of methoxy groups -OCH3 is 2. The first-order valence-corrected chi connectivity index (χ1v) is 14.1. The predicted octanol–water partition coefficient (Wildman–Crippen LogP) is 6.47. The molecule has 1 spiro atoms. The van der Waals surface area contributed by atoms with E-state index in [2.05, 4.69) is 0 Å². The molecule has 6 nitrogen and oxygen atoms in total. The zero-order valence-electron chi connectivity index (χ0n) is 23.8. The summed E-state index contributed by atoms with van der Waals surface area (Å²) in [6, 6.07) is 21.9. The lowest BCUT2D eigenvalue weighted by Crippen LogP contribution is -2.48. The summed E-state index contributed by atoms with van der Waals surface area (Å²) >= 11 is 0. The molecule has 214 valence electrons. The fourth-order valence-electron chi connectivity index (χ4n) is 7.26. The second-order valence-electron chi connectivity index (χ2n) is 11.3. The van der Waals surface area contributed by atoms with Crippen LogP contribution in [0.4, 0.5) is 10.1 Å². The Labute approximate surface area is 248 Å². The highest BCUT2D eigenvalue weighted by molar-refractivity contribution is 6.32. The molecule has 4 aromatic carbocycles. The van der Waals surface area contributed by atoms with Crippen LogP contribution >= 0.6 is 0 Å². The van der Waals surface area contributed by atoms with Crippen molar-refractivity contribution in [3.63, 3.8) is 0 Å². The van der Waals surface area contributed by atoms with Crippen molar-refractivity contribution in [1.82, 2.24) is 0 Å². The first-order chi connectivity index (χ1) is 20.8. The van der Waals surface area contributed by atoms with Crippen molar-refractivity contribution in [3.8, 4) is 11.5 Å². The van der Waals surface area contributed by atoms with E-state index in [1.54, 1.807) is 72.8 Å². The molecule has 0 bridgehead atoms. The smallest absolute Gasteiger partial charge is 0.185 e. The van der Waals surface area contributed by atoms with Gasteiger partial charge in [-0.2, -0.15) is 0 Å². The van der Waals surface area contributed by atoms with Gasteiger partial charge in [0, 0.05) is 33.9 Å². The third-order valence-electron chi connectivity index (χ3n) is 9.14. The maximum atomic E-state index is 14.8. The highest BCUT2D eigenvalue weighted by atomic mass is 19.1. The van der Waals surface area contributed by atoms with Crippen molar-refractivity contribution in [2.45, 2.75) is 24.9 Å². The third-order valence-corrected chi connectivity index (χ3v) is 9.14. The molecule has 0 radical (unpaired) electrons. The summed E-state index contributed by atoms with van der Waals surface area (Å²) in [5.41, 5.74) is 2.17. The van der Waals surface area contributed by atoms with Crippen LogP contribution in [0.15, 0.2) is 91.0 Å². The van der Waals surface area contributed by atoms with E-state index >= 15 is 0 Å². The molecular formula is C36H28FNO5. The summed E-state index contributed by atoms with van der Waals surface area (Å²) < 4.78 is 25.6. The van der Waals surface area contributed by atoms with E-state index in [1.165, 1.54) is 26.4 Å². The molecule has 43 heavy (non-hydrogen) atoms. The second kappa shape index (κ2) is 9.76. The molecular weight excluding hydrogens is 545 g/mol. The Hall–Kier alpha value is -5.04. The number of carbonyl (C=O) groups excluding carboxylic acids is 3. The molecule has 7 rings (SSSR count). The summed E-state index contributed by atoms with van der Waals surface area (Å²) in [6.07, 6.45) is 3.52. The van der Waals surface area contributed by atoms with Gasteiger partial charge >= 0.3 is 0 Å². The van der Waals surface area contributed by atoms with Gasteiger partial charge in [-0.25, -0.2) is 4.39 Å². The van der Waals surface area contributed by atoms with Gasteiger partial charge < -0.3 is 14.4 Å². The summed E-state index contributed by atoms with van der Waals surface area (Å²) in [5.74, 6) is -1.37. The SMILES string of the molecule is COc1ccc([C@@H]2[C@H](C(=O)c3ccc(C)cc3)N3c4ccc(F)cc4C=C[C@H]3C23C(=O)c2ccccc2C3=O)cc1OC. The van der Waals surface area contributed by atoms with Crippen LogP contribution in [-0.2, 0) is 0 Å². The molecule has 0 saturated carbocycles. The van der Waals surface area contributed by atoms with Gasteiger partial charge in [0.25, 0.3) is 0 Å². The van der Waals surface area contributed by atoms with E-state index in [1.807, 2.05) is 24.0 Å². The quantitative estimate of drug-likeness (QED) is 0.201. The molecule has 3 atom stereocenters. The second-order valence-corrected chi connectivity index (χ2v) is 11.3. The lowest BCUT2D eigenvalue weighted by atomic mass is 9.64. The fourth-order valence-corrected chi connectivity index (χ4v) is 7.26. The monoisotopic (exact) mass is 573 g/mol. The number of ether oxygens (including phenoxy) is 2. The molecule has 7 heteroatoms. The number of ketones is 3. The van der Waals surface area contributed by atoms with Crippen molar-refractivity contribution in [1.29, 1.82) is 0 Å². The number of aryl methyl sites for hydroxylation is 1. The number of Topliss-reactive ketones (excluding diaryl/α,β-unsaturated/α-hetero) is 3. The minimum Gasteiger partial charge on any atom is -0.493 e. The maximum Gasteiger partial charge on any atom is 0.185 e. The molecule has 0 aromatic heterocycles. The van der Waals surface area contributed by atoms with Crippen LogP contribution in [0.3, 0.4) is 0 Å². The molecule has 1 fully saturated rings. The van der Waals surface area contributed by atoms with Crippen molar-refractivity contribution in [2.24, 2.45) is 5.41 Å². The lowest BCUT2D eigenvalue weighted by Gasteiger charge is -2.37. The minimum atomic E-state index is -1.67. The molecule has 2 aliphatic heterocycles. The summed E-state index contributed by atoms with van der Waals surface area (Å²) in [6.45, 7) is 1.94. The normalized spacial score (nSPS) is 21.0. The topological polar surface area (TPSA) is 72.9 Å². The molecule has 2 heterocycles. The van der Waals surface area contributed by atoms with E-state index in [4.69, 9.17) is 9.47 Å². The van der Waals surface area contributed by atoms with Gasteiger partial charge in [0.15, 0.2) is 28.8 Å². The number of hydrogen-bond donors (Lipinski definition) is 0. The fraction of sp³-hybridized carbons (Fsp3) is 0.194. The first-order valence-electron chi connectivity index (χ1n) is 14.1. The number of carbonyl (C=O) groups is 3. The number of halogens is 1. The molecule has 0 unspecified atom stereocenters. The van der Waals surface area contributed by atoms with Crippen molar-refractivity contribution >= 4 is 29.1 Å². The molecule has 0 amide bonds. The minimum absolute atomic E-state index is 0.246. The van der Waals surface area contributed by atoms with E-state index in [0.29, 0.717) is 45.0 Å². The standard InChI is InChI=1S/C36H28FNO5/c1-20-8-10-21(11-9-20)33(39)32-31(23-12-16-28(42-2)29(19-23)43-3)36(34(40)25-6-4-5-7-26(25)35(36)41)30-17-13-22-18-24(37)14-15-27(22)38(30)32/h4-19,30-32H,1-3H3/t30-,31+,32+/m0/s1. The van der Waals surface area contributed by atoms with Gasteiger partial charge in [-0.15, -0.1) is 0 Å². The highest BCUT2D eigenvalue weighted by Gasteiger charge is 2.71. The number of rotatable bonds is 5.